The maximum atomic E-state index is 5.92. The smallest absolute Gasteiger partial charge is 0.142 e. The zero-order valence-electron chi connectivity index (χ0n) is 12.0. The van der Waals surface area contributed by atoms with Gasteiger partial charge in [-0.05, 0) is 42.5 Å². The fourth-order valence-electron chi connectivity index (χ4n) is 2.59. The van der Waals surface area contributed by atoms with E-state index < -0.39 is 0 Å². The molecule has 108 valence electrons. The van der Waals surface area contributed by atoms with Gasteiger partial charge in [-0.1, -0.05) is 59.2 Å². The van der Waals surface area contributed by atoms with Crippen LogP contribution in [-0.2, 0) is 11.4 Å². The molecular weight excluding hydrogens is 282 g/mol. The number of hydrogen-bond donors (Lipinski definition) is 0. The van der Waals surface area contributed by atoms with Crippen LogP contribution in [0.1, 0.15) is 30.4 Å². The zero-order valence-corrected chi connectivity index (χ0v) is 12.8. The molecule has 2 aromatic rings. The third-order valence-electron chi connectivity index (χ3n) is 3.91. The Balaban J connectivity index is 1.53. The Kier molecular flexibility index (Phi) is 4.26. The second kappa shape index (κ2) is 6.31. The Morgan fingerprint density at radius 3 is 2.57 bits per heavy atom. The standard InChI is InChI=1S/C18H18ClNO/c1-13(20-21-12-14-5-3-2-4-6-14)17-11-18(17)15-7-9-16(19)10-8-15/h2-10,17-18H,11-12H2,1H3/b20-13-/t17-,18+/m0/s1. The van der Waals surface area contributed by atoms with Crippen molar-refractivity contribution in [2.75, 3.05) is 0 Å². The van der Waals surface area contributed by atoms with Crippen LogP contribution in [0, 0.1) is 5.92 Å². The summed E-state index contributed by atoms with van der Waals surface area (Å²) >= 11 is 5.92. The van der Waals surface area contributed by atoms with Crippen LogP contribution < -0.4 is 0 Å². The van der Waals surface area contributed by atoms with Crippen molar-refractivity contribution < 1.29 is 4.84 Å². The second-order valence-corrected chi connectivity index (χ2v) is 5.93. The Hall–Kier alpha value is -1.80. The molecule has 0 radical (unpaired) electrons. The van der Waals surface area contributed by atoms with E-state index in [-0.39, 0.29) is 0 Å². The highest BCUT2D eigenvalue weighted by Crippen LogP contribution is 2.48. The van der Waals surface area contributed by atoms with E-state index in [1.54, 1.807) is 0 Å². The summed E-state index contributed by atoms with van der Waals surface area (Å²) in [6.45, 7) is 2.57. The number of oxime groups is 1. The van der Waals surface area contributed by atoms with Crippen LogP contribution in [0.25, 0.3) is 0 Å². The van der Waals surface area contributed by atoms with Crippen molar-refractivity contribution in [3.63, 3.8) is 0 Å². The summed E-state index contributed by atoms with van der Waals surface area (Å²) in [5.74, 6) is 1.06. The molecular formula is C18H18ClNO. The summed E-state index contributed by atoms with van der Waals surface area (Å²) in [5, 5.41) is 5.05. The van der Waals surface area contributed by atoms with Crippen molar-refractivity contribution in [2.24, 2.45) is 11.1 Å². The number of benzene rings is 2. The molecule has 0 spiro atoms. The predicted molar refractivity (Wildman–Crippen MR) is 86.6 cm³/mol. The van der Waals surface area contributed by atoms with Gasteiger partial charge in [0.25, 0.3) is 0 Å². The van der Waals surface area contributed by atoms with E-state index >= 15 is 0 Å². The van der Waals surface area contributed by atoms with Gasteiger partial charge < -0.3 is 4.84 Å². The highest BCUT2D eigenvalue weighted by molar-refractivity contribution is 6.30. The first-order chi connectivity index (χ1) is 10.2. The van der Waals surface area contributed by atoms with E-state index in [1.165, 1.54) is 5.56 Å². The molecule has 0 bridgehead atoms. The first-order valence-electron chi connectivity index (χ1n) is 7.20. The zero-order chi connectivity index (χ0) is 14.7. The van der Waals surface area contributed by atoms with Gasteiger partial charge in [-0.3, -0.25) is 0 Å². The van der Waals surface area contributed by atoms with Gasteiger partial charge in [-0.25, -0.2) is 0 Å². The SMILES string of the molecule is C/C(=N/OCc1ccccc1)[C@@H]1C[C@@H]1c1ccc(Cl)cc1. The van der Waals surface area contributed by atoms with Crippen LogP contribution >= 0.6 is 11.6 Å². The van der Waals surface area contributed by atoms with Gasteiger partial charge in [-0.2, -0.15) is 0 Å². The molecule has 1 aliphatic carbocycles. The normalized spacial score (nSPS) is 21.1. The van der Waals surface area contributed by atoms with E-state index in [4.69, 9.17) is 16.4 Å². The number of halogens is 1. The highest BCUT2D eigenvalue weighted by Gasteiger charge is 2.40. The molecule has 3 heteroatoms. The Bertz CT molecular complexity index is 621. The second-order valence-electron chi connectivity index (χ2n) is 5.49. The highest BCUT2D eigenvalue weighted by atomic mass is 35.5. The molecule has 0 heterocycles. The molecule has 0 aliphatic heterocycles. The van der Waals surface area contributed by atoms with Crippen molar-refractivity contribution in [1.82, 2.24) is 0 Å². The molecule has 1 fully saturated rings. The summed E-state index contributed by atoms with van der Waals surface area (Å²) in [5.41, 5.74) is 3.55. The molecule has 1 aliphatic rings. The minimum Gasteiger partial charge on any atom is -0.391 e. The summed E-state index contributed by atoms with van der Waals surface area (Å²) in [4.78, 5) is 5.45. The monoisotopic (exact) mass is 299 g/mol. The summed E-state index contributed by atoms with van der Waals surface area (Å²) in [6, 6.07) is 18.2. The number of rotatable bonds is 5. The Morgan fingerprint density at radius 2 is 1.86 bits per heavy atom. The van der Waals surface area contributed by atoms with Crippen LogP contribution in [-0.4, -0.2) is 5.71 Å². The molecule has 2 aromatic carbocycles. The lowest BCUT2D eigenvalue weighted by atomic mass is 10.1. The fourth-order valence-corrected chi connectivity index (χ4v) is 2.71. The molecule has 1 saturated carbocycles. The molecule has 2 nitrogen and oxygen atoms in total. The minimum absolute atomic E-state index is 0.502. The van der Waals surface area contributed by atoms with Gasteiger partial charge in [0, 0.05) is 10.9 Å². The lowest BCUT2D eigenvalue weighted by molar-refractivity contribution is 0.129. The van der Waals surface area contributed by atoms with Crippen LogP contribution in [0.5, 0.6) is 0 Å². The molecule has 0 N–H and O–H groups in total. The van der Waals surface area contributed by atoms with Crippen LogP contribution in [0.2, 0.25) is 5.02 Å². The number of nitrogens with zero attached hydrogens (tertiary/aromatic N) is 1. The average Bonchev–Trinajstić information content (AvgIpc) is 3.30. The van der Waals surface area contributed by atoms with E-state index in [0.29, 0.717) is 18.4 Å². The molecule has 0 unspecified atom stereocenters. The summed E-state index contributed by atoms with van der Waals surface area (Å²) in [7, 11) is 0. The third kappa shape index (κ3) is 3.64. The quantitative estimate of drug-likeness (QED) is 0.560. The molecule has 3 rings (SSSR count). The van der Waals surface area contributed by atoms with E-state index in [2.05, 4.69) is 17.3 Å². The minimum atomic E-state index is 0.502. The van der Waals surface area contributed by atoms with Gasteiger partial charge >= 0.3 is 0 Å². The van der Waals surface area contributed by atoms with Crippen molar-refractivity contribution in [3.05, 3.63) is 70.7 Å². The largest absolute Gasteiger partial charge is 0.391 e. The number of hydrogen-bond acceptors (Lipinski definition) is 2. The van der Waals surface area contributed by atoms with Gasteiger partial charge in [-0.15, -0.1) is 0 Å². The van der Waals surface area contributed by atoms with Crippen LogP contribution in [0.3, 0.4) is 0 Å². The van der Waals surface area contributed by atoms with Crippen molar-refractivity contribution in [2.45, 2.75) is 25.9 Å². The van der Waals surface area contributed by atoms with Gasteiger partial charge in [0.15, 0.2) is 0 Å². The van der Waals surface area contributed by atoms with E-state index in [0.717, 1.165) is 22.7 Å². The lowest BCUT2D eigenvalue weighted by Crippen LogP contribution is -1.98. The average molecular weight is 300 g/mol. The first kappa shape index (κ1) is 14.2. The molecule has 0 amide bonds. The van der Waals surface area contributed by atoms with E-state index in [1.807, 2.05) is 49.4 Å². The van der Waals surface area contributed by atoms with E-state index in [9.17, 15) is 0 Å². The van der Waals surface area contributed by atoms with Gasteiger partial charge in [0.1, 0.15) is 6.61 Å². The lowest BCUT2D eigenvalue weighted by Gasteiger charge is -2.03. The first-order valence-corrected chi connectivity index (χ1v) is 7.57. The Morgan fingerprint density at radius 1 is 1.14 bits per heavy atom. The van der Waals surface area contributed by atoms with Crippen molar-refractivity contribution in [3.8, 4) is 0 Å². The summed E-state index contributed by atoms with van der Waals surface area (Å²) in [6.07, 6.45) is 1.14. The maximum Gasteiger partial charge on any atom is 0.142 e. The maximum absolute atomic E-state index is 5.92. The summed E-state index contributed by atoms with van der Waals surface area (Å²) < 4.78 is 0. The van der Waals surface area contributed by atoms with Crippen molar-refractivity contribution in [1.29, 1.82) is 0 Å². The Labute approximate surface area is 130 Å². The molecule has 0 aromatic heterocycles. The van der Waals surface area contributed by atoms with Gasteiger partial charge in [0.2, 0.25) is 0 Å². The predicted octanol–water partition coefficient (Wildman–Crippen LogP) is 5.04. The third-order valence-corrected chi connectivity index (χ3v) is 4.16. The van der Waals surface area contributed by atoms with Crippen LogP contribution in [0.4, 0.5) is 0 Å². The van der Waals surface area contributed by atoms with Crippen molar-refractivity contribution >= 4 is 17.3 Å². The van der Waals surface area contributed by atoms with Gasteiger partial charge in [0.05, 0.1) is 5.71 Å². The molecule has 21 heavy (non-hydrogen) atoms. The fraction of sp³-hybridized carbons (Fsp3) is 0.278. The topological polar surface area (TPSA) is 21.6 Å². The van der Waals surface area contributed by atoms with Crippen LogP contribution in [0.15, 0.2) is 59.8 Å². The molecule has 0 saturated heterocycles. The molecule has 2 atom stereocenters.